The number of nitrogens with zero attached hydrogens (tertiary/aromatic N) is 5. The van der Waals surface area contributed by atoms with Crippen molar-refractivity contribution in [2.45, 2.75) is 12.5 Å². The van der Waals surface area contributed by atoms with Crippen LogP contribution in [0, 0.1) is 0 Å². The van der Waals surface area contributed by atoms with Gasteiger partial charge in [-0.05, 0) is 12.1 Å². The zero-order valence-corrected chi connectivity index (χ0v) is 13.1. The van der Waals surface area contributed by atoms with E-state index < -0.39 is 11.9 Å². The number of hydrogen-bond acceptors (Lipinski definition) is 4. The molecule has 0 bridgehead atoms. The van der Waals surface area contributed by atoms with Crippen molar-refractivity contribution in [2.24, 2.45) is 12.8 Å². The van der Waals surface area contributed by atoms with Crippen LogP contribution in [0.4, 0.5) is 0 Å². The number of primary amides is 1. The van der Waals surface area contributed by atoms with Crippen molar-refractivity contribution in [1.29, 1.82) is 0 Å². The lowest BCUT2D eigenvalue weighted by Crippen LogP contribution is -2.45. The van der Waals surface area contributed by atoms with E-state index in [1.807, 2.05) is 11.4 Å². The lowest BCUT2D eigenvalue weighted by atomic mass is 9.97. The summed E-state index contributed by atoms with van der Waals surface area (Å²) in [6, 6.07) is 2.62. The van der Waals surface area contributed by atoms with Gasteiger partial charge >= 0.3 is 0 Å². The lowest BCUT2D eigenvalue weighted by molar-refractivity contribution is -0.123. The maximum Gasteiger partial charge on any atom is 0.255 e. The molecule has 24 heavy (non-hydrogen) atoms. The number of carbonyl (C=O) groups excluding carboxylic acids is 2. The molecule has 0 radical (unpaired) electrons. The van der Waals surface area contributed by atoms with Crippen LogP contribution < -0.4 is 5.73 Å². The van der Waals surface area contributed by atoms with Gasteiger partial charge in [0.2, 0.25) is 5.91 Å². The smallest absolute Gasteiger partial charge is 0.255 e. The Kier molecular flexibility index (Phi) is 3.12. The second-order valence-corrected chi connectivity index (χ2v) is 5.83. The van der Waals surface area contributed by atoms with Crippen LogP contribution in [0.3, 0.4) is 0 Å². The van der Waals surface area contributed by atoms with Crippen LogP contribution in [0.15, 0.2) is 36.9 Å². The maximum absolute atomic E-state index is 13.0. The Hall–Kier alpha value is -3.16. The van der Waals surface area contributed by atoms with E-state index >= 15 is 0 Å². The van der Waals surface area contributed by atoms with Crippen molar-refractivity contribution in [3.63, 3.8) is 0 Å². The van der Waals surface area contributed by atoms with Crippen LogP contribution in [-0.2, 0) is 18.3 Å². The highest BCUT2D eigenvalue weighted by atomic mass is 16.2. The van der Waals surface area contributed by atoms with Crippen LogP contribution in [0.1, 0.15) is 27.7 Å². The van der Waals surface area contributed by atoms with Crippen LogP contribution in [0.2, 0.25) is 0 Å². The van der Waals surface area contributed by atoms with Gasteiger partial charge in [-0.3, -0.25) is 14.3 Å². The standard InChI is InChI=1S/C16H16N6O2/c1-20-12-3-6-22(14(15(17)23)11(12)9-19-20)16(24)10-2-5-21-7-4-18-13(21)8-10/h2,4-5,7-9,14H,3,6H2,1H3,(H2,17,23). The molecule has 4 heterocycles. The first-order chi connectivity index (χ1) is 11.6. The van der Waals surface area contributed by atoms with Crippen molar-refractivity contribution >= 4 is 17.5 Å². The molecule has 1 atom stereocenters. The highest BCUT2D eigenvalue weighted by Crippen LogP contribution is 2.30. The number of pyridine rings is 1. The first-order valence-electron chi connectivity index (χ1n) is 7.60. The molecular formula is C16H16N6O2. The minimum Gasteiger partial charge on any atom is -0.368 e. The molecule has 8 heteroatoms. The summed E-state index contributed by atoms with van der Waals surface area (Å²) in [5.41, 5.74) is 8.38. The Labute approximate surface area is 137 Å². The van der Waals surface area contributed by atoms with Crippen molar-refractivity contribution in [2.75, 3.05) is 6.54 Å². The van der Waals surface area contributed by atoms with Gasteiger partial charge in [-0.1, -0.05) is 0 Å². The highest BCUT2D eigenvalue weighted by Gasteiger charge is 2.37. The minimum atomic E-state index is -0.800. The van der Waals surface area contributed by atoms with Crippen LogP contribution >= 0.6 is 0 Å². The number of amides is 2. The van der Waals surface area contributed by atoms with E-state index in [2.05, 4.69) is 10.1 Å². The summed E-state index contributed by atoms with van der Waals surface area (Å²) >= 11 is 0. The summed E-state index contributed by atoms with van der Waals surface area (Å²) < 4.78 is 3.54. The number of imidazole rings is 1. The van der Waals surface area contributed by atoms with Gasteiger partial charge in [0.15, 0.2) is 0 Å². The molecule has 122 valence electrons. The molecule has 2 amide bonds. The van der Waals surface area contributed by atoms with E-state index in [1.54, 1.807) is 41.6 Å². The fraction of sp³-hybridized carbons (Fsp3) is 0.250. The number of aryl methyl sites for hydroxylation is 1. The van der Waals surface area contributed by atoms with E-state index in [4.69, 9.17) is 5.73 Å². The molecule has 0 fully saturated rings. The predicted octanol–water partition coefficient (Wildman–Crippen LogP) is 0.293. The largest absolute Gasteiger partial charge is 0.368 e. The Bertz CT molecular complexity index is 957. The summed E-state index contributed by atoms with van der Waals surface area (Å²) in [7, 11) is 1.82. The fourth-order valence-corrected chi connectivity index (χ4v) is 3.27. The van der Waals surface area contributed by atoms with Crippen molar-refractivity contribution in [3.05, 3.63) is 53.7 Å². The van der Waals surface area contributed by atoms with Crippen molar-refractivity contribution in [3.8, 4) is 0 Å². The third-order valence-electron chi connectivity index (χ3n) is 4.46. The molecule has 2 N–H and O–H groups in total. The van der Waals surface area contributed by atoms with Gasteiger partial charge in [-0.15, -0.1) is 0 Å². The van der Waals surface area contributed by atoms with Gasteiger partial charge in [0.1, 0.15) is 11.7 Å². The van der Waals surface area contributed by atoms with E-state index in [1.165, 1.54) is 4.90 Å². The maximum atomic E-state index is 13.0. The fourth-order valence-electron chi connectivity index (χ4n) is 3.27. The van der Waals surface area contributed by atoms with Crippen LogP contribution in [0.25, 0.3) is 5.65 Å². The molecular weight excluding hydrogens is 308 g/mol. The average Bonchev–Trinajstić information content (AvgIpc) is 3.19. The summed E-state index contributed by atoms with van der Waals surface area (Å²) in [6.07, 6.45) is 7.49. The van der Waals surface area contributed by atoms with E-state index in [0.29, 0.717) is 29.7 Å². The molecule has 0 spiro atoms. The monoisotopic (exact) mass is 324 g/mol. The Morgan fingerprint density at radius 2 is 2.17 bits per heavy atom. The summed E-state index contributed by atoms with van der Waals surface area (Å²) in [6.45, 7) is 0.415. The zero-order chi connectivity index (χ0) is 16.8. The number of rotatable bonds is 2. The molecule has 0 aliphatic carbocycles. The molecule has 0 saturated heterocycles. The normalized spacial score (nSPS) is 17.0. The molecule has 8 nitrogen and oxygen atoms in total. The SMILES string of the molecule is Cn1ncc2c1CCN(C(=O)c1ccn3ccnc3c1)C2C(N)=O. The summed E-state index contributed by atoms with van der Waals surface area (Å²) in [4.78, 5) is 30.7. The van der Waals surface area contributed by atoms with Gasteiger partial charge in [-0.25, -0.2) is 4.98 Å². The molecule has 1 unspecified atom stereocenters. The van der Waals surface area contributed by atoms with Crippen molar-refractivity contribution < 1.29 is 9.59 Å². The minimum absolute atomic E-state index is 0.237. The quantitative estimate of drug-likeness (QED) is 0.732. The second-order valence-electron chi connectivity index (χ2n) is 5.83. The third kappa shape index (κ3) is 2.07. The van der Waals surface area contributed by atoms with E-state index in [0.717, 1.165) is 5.69 Å². The molecule has 3 aromatic heterocycles. The highest BCUT2D eigenvalue weighted by molar-refractivity contribution is 5.98. The molecule has 3 aromatic rings. The average molecular weight is 324 g/mol. The molecule has 0 aromatic carbocycles. The topological polar surface area (TPSA) is 98.5 Å². The summed E-state index contributed by atoms with van der Waals surface area (Å²) in [5.74, 6) is -0.794. The second kappa shape index (κ2) is 5.19. The van der Waals surface area contributed by atoms with Crippen LogP contribution in [-0.4, -0.2) is 42.4 Å². The van der Waals surface area contributed by atoms with E-state index in [-0.39, 0.29) is 5.91 Å². The van der Waals surface area contributed by atoms with Gasteiger partial charge in [0, 0.05) is 55.4 Å². The Morgan fingerprint density at radius 3 is 2.96 bits per heavy atom. The number of aromatic nitrogens is 4. The number of nitrogens with two attached hydrogens (primary N) is 1. The Balaban J connectivity index is 1.74. The van der Waals surface area contributed by atoms with Crippen molar-refractivity contribution in [1.82, 2.24) is 24.1 Å². The third-order valence-corrected chi connectivity index (χ3v) is 4.46. The summed E-state index contributed by atoms with van der Waals surface area (Å²) in [5, 5.41) is 4.19. The first-order valence-corrected chi connectivity index (χ1v) is 7.60. The number of fused-ring (bicyclic) bond motifs is 2. The van der Waals surface area contributed by atoms with Gasteiger partial charge in [-0.2, -0.15) is 5.10 Å². The van der Waals surface area contributed by atoms with Gasteiger partial charge < -0.3 is 15.0 Å². The molecule has 0 saturated carbocycles. The van der Waals surface area contributed by atoms with E-state index in [9.17, 15) is 9.59 Å². The Morgan fingerprint density at radius 1 is 1.33 bits per heavy atom. The molecule has 1 aliphatic rings. The van der Waals surface area contributed by atoms with Gasteiger partial charge in [0.25, 0.3) is 5.91 Å². The predicted molar refractivity (Wildman–Crippen MR) is 85.1 cm³/mol. The van der Waals surface area contributed by atoms with Crippen LogP contribution in [0.5, 0.6) is 0 Å². The molecule has 4 rings (SSSR count). The first kappa shape index (κ1) is 14.4. The zero-order valence-electron chi connectivity index (χ0n) is 13.1. The van der Waals surface area contributed by atoms with Gasteiger partial charge in [0.05, 0.1) is 6.20 Å². The number of hydrogen-bond donors (Lipinski definition) is 1. The number of carbonyl (C=O) groups is 2. The lowest BCUT2D eigenvalue weighted by Gasteiger charge is -2.33. The molecule has 1 aliphatic heterocycles.